The number of furan rings is 1. The molecule has 1 aromatic heterocycles. The Hall–Kier alpha value is -1.48. The summed E-state index contributed by atoms with van der Waals surface area (Å²) in [6.45, 7) is 4.16. The summed E-state index contributed by atoms with van der Waals surface area (Å²) in [6, 6.07) is 7.72. The molecule has 0 radical (unpaired) electrons. The molecule has 2 aromatic rings. The van der Waals surface area contributed by atoms with E-state index in [0.717, 1.165) is 22.5 Å². The Labute approximate surface area is 95.2 Å². The summed E-state index contributed by atoms with van der Waals surface area (Å²) in [6.07, 6.45) is 0. The summed E-state index contributed by atoms with van der Waals surface area (Å²) in [7, 11) is 1.64. The number of hydrogen-bond donors (Lipinski definition) is 1. The Kier molecular flexibility index (Phi) is 2.88. The van der Waals surface area contributed by atoms with Crippen molar-refractivity contribution in [2.45, 2.75) is 19.9 Å². The smallest absolute Gasteiger partial charge is 0.138 e. The van der Waals surface area contributed by atoms with Crippen LogP contribution in [0.2, 0.25) is 0 Å². The van der Waals surface area contributed by atoms with Crippen molar-refractivity contribution >= 4 is 11.0 Å². The maximum absolute atomic E-state index is 6.05. The minimum Gasteiger partial charge on any atom is -0.497 e. The molecule has 1 atom stereocenters. The van der Waals surface area contributed by atoms with Gasteiger partial charge in [0.25, 0.3) is 0 Å². The normalized spacial score (nSPS) is 13.3. The van der Waals surface area contributed by atoms with E-state index in [2.05, 4.69) is 13.8 Å². The van der Waals surface area contributed by atoms with Gasteiger partial charge in [0.2, 0.25) is 0 Å². The molecule has 0 saturated heterocycles. The molecule has 1 aromatic carbocycles. The fraction of sp³-hybridized carbons (Fsp3) is 0.385. The maximum atomic E-state index is 6.05. The van der Waals surface area contributed by atoms with Crippen LogP contribution in [-0.2, 0) is 0 Å². The van der Waals surface area contributed by atoms with E-state index in [4.69, 9.17) is 14.9 Å². The van der Waals surface area contributed by atoms with Crippen molar-refractivity contribution in [1.82, 2.24) is 0 Å². The highest BCUT2D eigenvalue weighted by Gasteiger charge is 2.15. The quantitative estimate of drug-likeness (QED) is 0.862. The third-order valence-corrected chi connectivity index (χ3v) is 2.79. The predicted molar refractivity (Wildman–Crippen MR) is 64.5 cm³/mol. The van der Waals surface area contributed by atoms with Gasteiger partial charge >= 0.3 is 0 Å². The predicted octanol–water partition coefficient (Wildman–Crippen LogP) is 3.10. The van der Waals surface area contributed by atoms with E-state index < -0.39 is 0 Å². The van der Waals surface area contributed by atoms with Crippen molar-refractivity contribution in [1.29, 1.82) is 0 Å². The molecular weight excluding hydrogens is 202 g/mol. The summed E-state index contributed by atoms with van der Waals surface area (Å²) in [4.78, 5) is 0. The average molecular weight is 219 g/mol. The zero-order valence-corrected chi connectivity index (χ0v) is 9.86. The average Bonchev–Trinajstić information content (AvgIpc) is 2.69. The molecule has 0 aliphatic heterocycles. The summed E-state index contributed by atoms with van der Waals surface area (Å²) >= 11 is 0. The maximum Gasteiger partial charge on any atom is 0.138 e. The molecule has 16 heavy (non-hydrogen) atoms. The first-order valence-corrected chi connectivity index (χ1v) is 5.45. The molecule has 0 fully saturated rings. The molecule has 2 N–H and O–H groups in total. The van der Waals surface area contributed by atoms with E-state index in [0.29, 0.717) is 5.92 Å². The molecule has 0 amide bonds. The number of benzene rings is 1. The van der Waals surface area contributed by atoms with Gasteiger partial charge in [0.1, 0.15) is 17.1 Å². The molecule has 0 aliphatic rings. The Morgan fingerprint density at radius 1 is 1.25 bits per heavy atom. The van der Waals surface area contributed by atoms with E-state index in [1.54, 1.807) is 7.11 Å². The minimum absolute atomic E-state index is 0.0570. The fourth-order valence-corrected chi connectivity index (χ4v) is 1.65. The van der Waals surface area contributed by atoms with Gasteiger partial charge in [0.05, 0.1) is 13.2 Å². The number of hydrogen-bond acceptors (Lipinski definition) is 3. The van der Waals surface area contributed by atoms with Crippen molar-refractivity contribution in [2.75, 3.05) is 7.11 Å². The van der Waals surface area contributed by atoms with Crippen LogP contribution in [0.5, 0.6) is 5.75 Å². The van der Waals surface area contributed by atoms with Crippen LogP contribution in [0.3, 0.4) is 0 Å². The summed E-state index contributed by atoms with van der Waals surface area (Å²) < 4.78 is 10.9. The molecule has 0 bridgehead atoms. The van der Waals surface area contributed by atoms with Crippen molar-refractivity contribution in [3.05, 3.63) is 30.0 Å². The van der Waals surface area contributed by atoms with Gasteiger partial charge < -0.3 is 14.9 Å². The second kappa shape index (κ2) is 4.18. The standard InChI is InChI=1S/C13H17NO2/c1-8(2)13(14)12-6-9-4-5-10(15-3)7-11(9)16-12/h4-8,13H,14H2,1-3H3/t13-/m0/s1. The number of fused-ring (bicyclic) bond motifs is 1. The first kappa shape index (κ1) is 11.0. The number of rotatable bonds is 3. The van der Waals surface area contributed by atoms with E-state index in [-0.39, 0.29) is 6.04 Å². The summed E-state index contributed by atoms with van der Waals surface area (Å²) in [5.41, 5.74) is 6.87. The zero-order chi connectivity index (χ0) is 11.7. The van der Waals surface area contributed by atoms with Crippen molar-refractivity contribution in [3.63, 3.8) is 0 Å². The molecular formula is C13H17NO2. The Bertz CT molecular complexity index is 488. The van der Waals surface area contributed by atoms with Crippen LogP contribution in [0.25, 0.3) is 11.0 Å². The van der Waals surface area contributed by atoms with Gasteiger partial charge in [-0.25, -0.2) is 0 Å². The first-order valence-electron chi connectivity index (χ1n) is 5.45. The zero-order valence-electron chi connectivity index (χ0n) is 9.86. The highest BCUT2D eigenvalue weighted by atomic mass is 16.5. The van der Waals surface area contributed by atoms with Crippen LogP contribution in [0.4, 0.5) is 0 Å². The largest absolute Gasteiger partial charge is 0.497 e. The second-order valence-electron chi connectivity index (χ2n) is 4.32. The molecule has 0 aliphatic carbocycles. The van der Waals surface area contributed by atoms with Crippen molar-refractivity contribution in [3.8, 4) is 5.75 Å². The molecule has 2 rings (SSSR count). The van der Waals surface area contributed by atoms with Gasteiger partial charge in [-0.2, -0.15) is 0 Å². The first-order chi connectivity index (χ1) is 7.61. The van der Waals surface area contributed by atoms with Crippen molar-refractivity contribution < 1.29 is 9.15 Å². The van der Waals surface area contributed by atoms with E-state index >= 15 is 0 Å². The summed E-state index contributed by atoms with van der Waals surface area (Å²) in [5.74, 6) is 1.99. The van der Waals surface area contributed by atoms with E-state index in [1.807, 2.05) is 24.3 Å². The second-order valence-corrected chi connectivity index (χ2v) is 4.32. The van der Waals surface area contributed by atoms with E-state index in [1.165, 1.54) is 0 Å². The third kappa shape index (κ3) is 1.91. The van der Waals surface area contributed by atoms with Crippen LogP contribution in [0.15, 0.2) is 28.7 Å². The highest BCUT2D eigenvalue weighted by molar-refractivity contribution is 5.79. The molecule has 3 nitrogen and oxygen atoms in total. The van der Waals surface area contributed by atoms with Gasteiger partial charge in [-0.3, -0.25) is 0 Å². The molecule has 0 unspecified atom stereocenters. The van der Waals surface area contributed by atoms with Gasteiger partial charge in [-0.1, -0.05) is 13.8 Å². The third-order valence-electron chi connectivity index (χ3n) is 2.79. The minimum atomic E-state index is -0.0570. The van der Waals surface area contributed by atoms with Gasteiger partial charge in [-0.15, -0.1) is 0 Å². The molecule has 1 heterocycles. The Morgan fingerprint density at radius 3 is 2.62 bits per heavy atom. The summed E-state index contributed by atoms with van der Waals surface area (Å²) in [5, 5.41) is 1.06. The van der Waals surface area contributed by atoms with Gasteiger partial charge in [0.15, 0.2) is 0 Å². The molecule has 86 valence electrons. The number of ether oxygens (including phenoxy) is 1. The SMILES string of the molecule is COc1ccc2cc([C@@H](N)C(C)C)oc2c1. The lowest BCUT2D eigenvalue weighted by Gasteiger charge is -2.11. The molecule has 0 spiro atoms. The highest BCUT2D eigenvalue weighted by Crippen LogP contribution is 2.28. The Morgan fingerprint density at radius 2 is 2.00 bits per heavy atom. The van der Waals surface area contributed by atoms with Crippen LogP contribution in [0, 0.1) is 5.92 Å². The van der Waals surface area contributed by atoms with Crippen molar-refractivity contribution in [2.24, 2.45) is 11.7 Å². The van der Waals surface area contributed by atoms with Crippen LogP contribution in [0.1, 0.15) is 25.6 Å². The van der Waals surface area contributed by atoms with Crippen LogP contribution >= 0.6 is 0 Å². The van der Waals surface area contributed by atoms with Gasteiger partial charge in [-0.05, 0) is 24.1 Å². The van der Waals surface area contributed by atoms with Crippen LogP contribution in [-0.4, -0.2) is 7.11 Å². The Balaban J connectivity index is 2.43. The van der Waals surface area contributed by atoms with Crippen LogP contribution < -0.4 is 10.5 Å². The number of nitrogens with two attached hydrogens (primary N) is 1. The lowest BCUT2D eigenvalue weighted by atomic mass is 10.0. The molecule has 3 heteroatoms. The van der Waals surface area contributed by atoms with Gasteiger partial charge in [0, 0.05) is 11.5 Å². The number of methoxy groups -OCH3 is 1. The fourth-order valence-electron chi connectivity index (χ4n) is 1.65. The lowest BCUT2D eigenvalue weighted by molar-refractivity contribution is 0.408. The lowest BCUT2D eigenvalue weighted by Crippen LogP contribution is -2.15. The monoisotopic (exact) mass is 219 g/mol. The topological polar surface area (TPSA) is 48.4 Å². The molecule has 0 saturated carbocycles. The van der Waals surface area contributed by atoms with E-state index in [9.17, 15) is 0 Å².